The number of imide groups is 1. The first-order valence-corrected chi connectivity index (χ1v) is 9.22. The summed E-state index contributed by atoms with van der Waals surface area (Å²) < 4.78 is 7.01. The van der Waals surface area contributed by atoms with Crippen molar-refractivity contribution in [2.75, 3.05) is 18.8 Å². The number of carbonyl (C=O) groups excluding carboxylic acids is 2. The van der Waals surface area contributed by atoms with E-state index in [4.69, 9.17) is 10.5 Å². The van der Waals surface area contributed by atoms with E-state index in [2.05, 4.69) is 24.1 Å². The molecule has 0 saturated carbocycles. The molecule has 4 rings (SSSR count). The number of carbonyl (C=O) groups is 2. The Hall–Kier alpha value is -2.97. The summed E-state index contributed by atoms with van der Waals surface area (Å²) in [7, 11) is 0. The SMILES string of the molecule is CC1CN(Cc2ccc(-n3c(N)c4c(cc3=O)C(=O)NC4=O)cc2)CC(C)O1. The molecule has 2 aliphatic rings. The second-order valence-electron chi connectivity index (χ2n) is 7.39. The fourth-order valence-electron chi connectivity index (χ4n) is 3.97. The number of rotatable bonds is 3. The van der Waals surface area contributed by atoms with Crippen LogP contribution >= 0.6 is 0 Å². The first-order valence-electron chi connectivity index (χ1n) is 9.22. The number of pyridine rings is 1. The van der Waals surface area contributed by atoms with E-state index in [1.54, 1.807) is 12.1 Å². The van der Waals surface area contributed by atoms with Crippen LogP contribution in [0.4, 0.5) is 5.82 Å². The van der Waals surface area contributed by atoms with Crippen LogP contribution in [0.5, 0.6) is 0 Å². The number of nitrogen functional groups attached to an aromatic ring is 1. The Kier molecular flexibility index (Phi) is 4.52. The lowest BCUT2D eigenvalue weighted by atomic mass is 10.1. The average molecular weight is 382 g/mol. The van der Waals surface area contributed by atoms with Crippen LogP contribution in [0.15, 0.2) is 35.1 Å². The Morgan fingerprint density at radius 3 is 2.36 bits per heavy atom. The highest BCUT2D eigenvalue weighted by Crippen LogP contribution is 2.23. The smallest absolute Gasteiger partial charge is 0.262 e. The summed E-state index contributed by atoms with van der Waals surface area (Å²) >= 11 is 0. The summed E-state index contributed by atoms with van der Waals surface area (Å²) in [6.07, 6.45) is 0.392. The molecule has 3 heterocycles. The number of nitrogens with zero attached hydrogens (tertiary/aromatic N) is 2. The number of anilines is 1. The van der Waals surface area contributed by atoms with Crippen molar-refractivity contribution in [2.45, 2.75) is 32.6 Å². The van der Waals surface area contributed by atoms with Crippen LogP contribution in [0.1, 0.15) is 40.1 Å². The summed E-state index contributed by atoms with van der Waals surface area (Å²) in [4.78, 5) is 38.6. The maximum absolute atomic E-state index is 12.5. The van der Waals surface area contributed by atoms with E-state index < -0.39 is 17.4 Å². The summed E-state index contributed by atoms with van der Waals surface area (Å²) in [5.41, 5.74) is 7.33. The Morgan fingerprint density at radius 2 is 1.71 bits per heavy atom. The Labute approximate surface area is 161 Å². The molecule has 0 spiro atoms. The number of hydrogen-bond donors (Lipinski definition) is 2. The highest BCUT2D eigenvalue weighted by molar-refractivity contribution is 6.23. The lowest BCUT2D eigenvalue weighted by Crippen LogP contribution is -2.44. The third kappa shape index (κ3) is 3.21. The molecule has 3 N–H and O–H groups in total. The van der Waals surface area contributed by atoms with Gasteiger partial charge in [0.2, 0.25) is 0 Å². The van der Waals surface area contributed by atoms with Gasteiger partial charge in [-0.15, -0.1) is 0 Å². The molecule has 2 atom stereocenters. The van der Waals surface area contributed by atoms with Crippen molar-refractivity contribution in [3.8, 4) is 5.69 Å². The first kappa shape index (κ1) is 18.4. The van der Waals surface area contributed by atoms with Gasteiger partial charge in [0.05, 0.1) is 29.0 Å². The Bertz CT molecular complexity index is 1000. The zero-order chi connectivity index (χ0) is 20.0. The molecule has 0 radical (unpaired) electrons. The van der Waals surface area contributed by atoms with E-state index in [9.17, 15) is 14.4 Å². The number of fused-ring (bicyclic) bond motifs is 1. The van der Waals surface area contributed by atoms with Crippen molar-refractivity contribution in [1.29, 1.82) is 0 Å². The Morgan fingerprint density at radius 1 is 1.07 bits per heavy atom. The molecule has 146 valence electrons. The zero-order valence-corrected chi connectivity index (χ0v) is 15.8. The minimum atomic E-state index is -0.597. The number of ether oxygens (including phenoxy) is 1. The van der Waals surface area contributed by atoms with Gasteiger partial charge in [-0.25, -0.2) is 0 Å². The molecule has 8 nitrogen and oxygen atoms in total. The number of hydrogen-bond acceptors (Lipinski definition) is 6. The predicted molar refractivity (Wildman–Crippen MR) is 104 cm³/mol. The maximum atomic E-state index is 12.5. The monoisotopic (exact) mass is 382 g/mol. The van der Waals surface area contributed by atoms with Crippen LogP contribution in [-0.4, -0.2) is 46.6 Å². The lowest BCUT2D eigenvalue weighted by molar-refractivity contribution is -0.0704. The second kappa shape index (κ2) is 6.88. The molecular weight excluding hydrogens is 360 g/mol. The van der Waals surface area contributed by atoms with Crippen LogP contribution in [0.3, 0.4) is 0 Å². The van der Waals surface area contributed by atoms with Gasteiger partial charge in [-0.05, 0) is 31.5 Å². The van der Waals surface area contributed by atoms with Crippen molar-refractivity contribution in [3.05, 3.63) is 57.4 Å². The van der Waals surface area contributed by atoms with Gasteiger partial charge in [0, 0.05) is 25.7 Å². The van der Waals surface area contributed by atoms with E-state index in [1.807, 2.05) is 12.1 Å². The number of nitrogens with one attached hydrogen (secondary N) is 1. The van der Waals surface area contributed by atoms with E-state index >= 15 is 0 Å². The zero-order valence-electron chi connectivity index (χ0n) is 15.8. The van der Waals surface area contributed by atoms with E-state index in [1.165, 1.54) is 4.57 Å². The maximum Gasteiger partial charge on any atom is 0.262 e. The van der Waals surface area contributed by atoms with Gasteiger partial charge in [-0.2, -0.15) is 0 Å². The molecule has 2 unspecified atom stereocenters. The fourth-order valence-corrected chi connectivity index (χ4v) is 3.97. The predicted octanol–water partition coefficient (Wildman–Crippen LogP) is 0.912. The summed E-state index contributed by atoms with van der Waals surface area (Å²) in [5.74, 6) is -1.21. The quantitative estimate of drug-likeness (QED) is 0.765. The average Bonchev–Trinajstić information content (AvgIpc) is 2.89. The van der Waals surface area contributed by atoms with Crippen LogP contribution < -0.4 is 16.6 Å². The van der Waals surface area contributed by atoms with Crippen molar-refractivity contribution >= 4 is 17.6 Å². The summed E-state index contributed by atoms with van der Waals surface area (Å²) in [5, 5.41) is 2.16. The van der Waals surface area contributed by atoms with Gasteiger partial charge in [0.1, 0.15) is 5.82 Å². The van der Waals surface area contributed by atoms with E-state index in [0.29, 0.717) is 5.69 Å². The molecule has 2 aliphatic heterocycles. The fraction of sp³-hybridized carbons (Fsp3) is 0.350. The van der Waals surface area contributed by atoms with Crippen molar-refractivity contribution < 1.29 is 14.3 Å². The largest absolute Gasteiger partial charge is 0.384 e. The molecule has 28 heavy (non-hydrogen) atoms. The van der Waals surface area contributed by atoms with Gasteiger partial charge in [-0.1, -0.05) is 12.1 Å². The standard InChI is InChI=1S/C20H22N4O4/c1-11-8-23(9-12(2)28-11)10-13-3-5-14(6-4-13)24-16(25)7-15-17(18(24)21)20(27)22-19(15)26/h3-7,11-12H,8-10,21H2,1-2H3,(H,22,26,27). The number of morpholine rings is 1. The van der Waals surface area contributed by atoms with Crippen LogP contribution in [0, 0.1) is 0 Å². The molecule has 2 amide bonds. The summed E-state index contributed by atoms with van der Waals surface area (Å²) in [6, 6.07) is 8.61. The number of nitrogens with two attached hydrogens (primary N) is 1. The molecule has 2 aromatic rings. The number of aromatic nitrogens is 1. The minimum absolute atomic E-state index is 0.0240. The molecule has 0 bridgehead atoms. The topological polar surface area (TPSA) is 107 Å². The van der Waals surface area contributed by atoms with Crippen LogP contribution in [0.2, 0.25) is 0 Å². The van der Waals surface area contributed by atoms with Crippen molar-refractivity contribution in [1.82, 2.24) is 14.8 Å². The Balaban J connectivity index is 1.62. The normalized spacial score (nSPS) is 22.2. The summed E-state index contributed by atoms with van der Waals surface area (Å²) in [6.45, 7) is 6.65. The number of amides is 2. The van der Waals surface area contributed by atoms with Crippen LogP contribution in [-0.2, 0) is 11.3 Å². The molecule has 8 heteroatoms. The van der Waals surface area contributed by atoms with Crippen LogP contribution in [0.25, 0.3) is 5.69 Å². The van der Waals surface area contributed by atoms with Gasteiger partial charge < -0.3 is 10.5 Å². The molecule has 1 aromatic heterocycles. The number of benzene rings is 1. The van der Waals surface area contributed by atoms with Crippen molar-refractivity contribution in [3.63, 3.8) is 0 Å². The highest BCUT2D eigenvalue weighted by atomic mass is 16.5. The molecule has 0 aliphatic carbocycles. The third-order valence-electron chi connectivity index (χ3n) is 5.05. The third-order valence-corrected chi connectivity index (χ3v) is 5.05. The van der Waals surface area contributed by atoms with E-state index in [-0.39, 0.29) is 29.2 Å². The van der Waals surface area contributed by atoms with Gasteiger partial charge in [0.25, 0.3) is 17.4 Å². The first-order chi connectivity index (χ1) is 13.3. The second-order valence-corrected chi connectivity index (χ2v) is 7.39. The molecular formula is C20H22N4O4. The minimum Gasteiger partial charge on any atom is -0.384 e. The van der Waals surface area contributed by atoms with Gasteiger partial charge in [-0.3, -0.25) is 29.2 Å². The lowest BCUT2D eigenvalue weighted by Gasteiger charge is -2.35. The van der Waals surface area contributed by atoms with Crippen molar-refractivity contribution in [2.24, 2.45) is 0 Å². The van der Waals surface area contributed by atoms with Gasteiger partial charge in [0.15, 0.2) is 0 Å². The highest BCUT2D eigenvalue weighted by Gasteiger charge is 2.31. The van der Waals surface area contributed by atoms with Gasteiger partial charge >= 0.3 is 0 Å². The van der Waals surface area contributed by atoms with E-state index in [0.717, 1.165) is 31.3 Å². The molecule has 1 fully saturated rings. The molecule has 1 saturated heterocycles. The molecule has 1 aromatic carbocycles.